The number of morpholine rings is 1. The number of hydrogen-bond acceptors (Lipinski definition) is 21. The summed E-state index contributed by atoms with van der Waals surface area (Å²) < 4.78 is 65.6. The molecule has 0 spiro atoms. The standard InChI is InChI=1S/C92H113F4N17O22S/c1-7-8-19-69-91(133)112-33-14-20-68(112)85(127)106-65(43-77(120)121)84(126)108-79(49(2)3)92(134)110(5)70(40-50-15-10-9-11-16-50)86(128)103-62(30-32-76(118)119)89(131)113-34-35-135-46-72(113)87(129)105-64(42-54-44-99-60-18-13-12-17-57(54)60)83(125)104-63(38-51-23-27-56(114)28-24-51)82(124)102-61(29-31-73(97)115)81(123)107-67(80(122)100-45-74(98)116)47-136-48-75(117)101-66(39-53-36-58(94)78(96)59(95)37-53)88(130)111(6)71(90(132)109(69)4)41-52-21-25-55(93)26-22-52/h9-13,15-18,21-28,36-37,44,49,61-72,79,99,114H,7-8,14,19-20,29-35,38-43,45-48H2,1-6H3,(H2,97,115)(H2,98,116)(H,100,122)(H,101,117)(H,102,124)(H,103,128)(H,104,125)(H,105,129)(H,106,127)(H,107,123)(H,108,126)(H,118,119)(H,120,121)/t61-,62-,63-,64+,65-,66-,67-,68+,69-,70-,71-,72+,79+/m0/s1. The molecule has 3 aliphatic rings. The van der Waals surface area contributed by atoms with Crippen molar-refractivity contribution in [2.24, 2.45) is 17.4 Å². The number of likely N-dealkylation sites (N-methyl/N-ethyl adjacent to an activating group) is 3. The van der Waals surface area contributed by atoms with Crippen molar-refractivity contribution in [1.82, 2.24) is 77.3 Å². The number of carbonyl (C=O) groups is 18. The topological polar surface area (TPSA) is 569 Å². The van der Waals surface area contributed by atoms with Crippen LogP contribution in [0.25, 0.3) is 10.9 Å². The Morgan fingerprint density at radius 2 is 1.07 bits per heavy atom. The van der Waals surface area contributed by atoms with Gasteiger partial charge in [-0.3, -0.25) is 86.3 Å². The number of carboxylic acids is 2. The molecule has 9 rings (SSSR count). The van der Waals surface area contributed by atoms with E-state index < -0.39 is 309 Å². The summed E-state index contributed by atoms with van der Waals surface area (Å²) in [6.07, 6.45) is -4.39. The molecule has 5 aromatic carbocycles. The number of H-pyrrole nitrogens is 1. The van der Waals surface area contributed by atoms with Crippen molar-refractivity contribution in [2.75, 3.05) is 65.5 Å². The monoisotopic (exact) mass is 1920 g/mol. The van der Waals surface area contributed by atoms with Crippen LogP contribution in [-0.2, 0) is 123 Å². The van der Waals surface area contributed by atoms with Crippen LogP contribution in [-0.4, -0.2) is 295 Å². The lowest BCUT2D eigenvalue weighted by Crippen LogP contribution is -2.64. The molecule has 0 aliphatic carbocycles. The second kappa shape index (κ2) is 49.8. The number of phenols is 1. The van der Waals surface area contributed by atoms with Crippen molar-refractivity contribution >= 4 is 129 Å². The van der Waals surface area contributed by atoms with Crippen molar-refractivity contribution in [3.05, 3.63) is 173 Å². The van der Waals surface area contributed by atoms with E-state index in [2.05, 4.69) is 52.8 Å². The van der Waals surface area contributed by atoms with Crippen LogP contribution >= 0.6 is 11.8 Å². The Hall–Kier alpha value is -14.1. The van der Waals surface area contributed by atoms with Crippen LogP contribution in [0.1, 0.15) is 113 Å². The molecule has 16 amide bonds. The molecule has 39 nitrogen and oxygen atoms in total. The molecule has 0 saturated carbocycles. The number of fused-ring (bicyclic) bond motifs is 3. The van der Waals surface area contributed by atoms with E-state index in [1.54, 1.807) is 61.5 Å². The zero-order chi connectivity index (χ0) is 99.5. The molecule has 732 valence electrons. The number of rotatable bonds is 25. The van der Waals surface area contributed by atoms with E-state index in [-0.39, 0.29) is 62.1 Å². The Morgan fingerprint density at radius 3 is 1.72 bits per heavy atom. The average Bonchev–Trinajstić information content (AvgIpc) is 1.47. The summed E-state index contributed by atoms with van der Waals surface area (Å²) in [4.78, 5) is 270. The molecule has 3 fully saturated rings. The van der Waals surface area contributed by atoms with Crippen molar-refractivity contribution in [3.63, 3.8) is 0 Å². The average molecular weight is 1920 g/mol. The first-order chi connectivity index (χ1) is 64.6. The number of thioether (sulfide) groups is 1. The van der Waals surface area contributed by atoms with Crippen molar-refractivity contribution in [2.45, 2.75) is 196 Å². The predicted molar refractivity (Wildman–Crippen MR) is 482 cm³/mol. The van der Waals surface area contributed by atoms with Crippen LogP contribution in [0.5, 0.6) is 5.75 Å². The third-order valence-electron chi connectivity index (χ3n) is 23.6. The van der Waals surface area contributed by atoms with Crippen LogP contribution < -0.4 is 59.3 Å². The van der Waals surface area contributed by atoms with Gasteiger partial charge in [0.05, 0.1) is 31.9 Å². The number of aliphatic carboxylic acids is 2. The third kappa shape index (κ3) is 29.5. The first-order valence-electron chi connectivity index (χ1n) is 44.1. The number of carbonyl (C=O) groups excluding carboxylic acids is 16. The maximum Gasteiger partial charge on any atom is 0.305 e. The van der Waals surface area contributed by atoms with Gasteiger partial charge in [-0.2, -0.15) is 0 Å². The highest BCUT2D eigenvalue weighted by atomic mass is 32.2. The van der Waals surface area contributed by atoms with Gasteiger partial charge in [0, 0.05) is 102 Å². The van der Waals surface area contributed by atoms with E-state index in [1.807, 2.05) is 0 Å². The van der Waals surface area contributed by atoms with Gasteiger partial charge >= 0.3 is 11.9 Å². The summed E-state index contributed by atoms with van der Waals surface area (Å²) in [5.41, 5.74) is 12.4. The number of nitrogens with two attached hydrogens (primary N) is 2. The van der Waals surface area contributed by atoms with Crippen LogP contribution in [0.2, 0.25) is 0 Å². The van der Waals surface area contributed by atoms with Gasteiger partial charge in [0.15, 0.2) is 17.5 Å². The number of aromatic nitrogens is 1. The maximum absolute atomic E-state index is 15.7. The van der Waals surface area contributed by atoms with Gasteiger partial charge in [-0.1, -0.05) is 106 Å². The second-order valence-electron chi connectivity index (χ2n) is 33.8. The number of phenolic OH excluding ortho intramolecular Hbond substituents is 1. The molecule has 0 radical (unpaired) electrons. The molecule has 136 heavy (non-hydrogen) atoms. The van der Waals surface area contributed by atoms with E-state index in [0.29, 0.717) is 52.3 Å². The minimum absolute atomic E-state index is 0.105. The number of aromatic hydroxyl groups is 1. The van der Waals surface area contributed by atoms with Crippen LogP contribution in [0, 0.1) is 29.2 Å². The number of amides is 16. The first-order valence-corrected chi connectivity index (χ1v) is 45.3. The molecular weight excluding hydrogens is 1800 g/mol. The predicted octanol–water partition coefficient (Wildman–Crippen LogP) is 0.320. The number of nitrogens with one attached hydrogen (secondary N) is 10. The highest BCUT2D eigenvalue weighted by Gasteiger charge is 2.47. The summed E-state index contributed by atoms with van der Waals surface area (Å²) in [7, 11) is 3.49. The van der Waals surface area contributed by atoms with Crippen LogP contribution in [0.3, 0.4) is 0 Å². The largest absolute Gasteiger partial charge is 0.508 e. The third-order valence-corrected chi connectivity index (χ3v) is 24.6. The number of primary amides is 2. The fourth-order valence-corrected chi connectivity index (χ4v) is 17.0. The Bertz CT molecular complexity index is 5350. The summed E-state index contributed by atoms with van der Waals surface area (Å²) in [6, 6.07) is 2.80. The van der Waals surface area contributed by atoms with Gasteiger partial charge in [0.25, 0.3) is 0 Å². The number of hydrogen-bond donors (Lipinski definition) is 15. The van der Waals surface area contributed by atoms with Crippen LogP contribution in [0.4, 0.5) is 17.6 Å². The van der Waals surface area contributed by atoms with E-state index in [1.165, 1.54) is 70.5 Å². The number of unbranched alkanes of at least 4 members (excludes halogenated alkanes) is 1. The zero-order valence-electron chi connectivity index (χ0n) is 75.6. The Morgan fingerprint density at radius 1 is 0.522 bits per heavy atom. The normalized spacial score (nSPS) is 23.3. The molecule has 44 heteroatoms. The Labute approximate surface area is 783 Å². The van der Waals surface area contributed by atoms with Gasteiger partial charge in [-0.15, -0.1) is 11.8 Å². The molecule has 1 aromatic heterocycles. The SMILES string of the molecule is CCCC[C@H]1C(=O)N2CCC[C@@H]2C(=O)N[C@@H](CC(=O)O)C(=O)N[C@H](C(C)C)C(=O)N(C)[C@@H](Cc2ccccc2)C(=O)N[C@@H](CCC(=O)O)C(=O)N2CCOC[C@@H]2C(=O)N[C@H](Cc2c[nH]c3ccccc23)C(=O)N[C@@H](Cc2ccc(O)cc2)C(=O)N[C@@H](CCC(N)=O)C(=O)N[C@H](C(=O)NCC(N)=O)CSCC(=O)N[C@@H](Cc2cc(F)c(F)c(F)c2)C(=O)N(C)[C@@H](Cc2ccc(F)cc2)C(=O)N1C. The fourth-order valence-electron chi connectivity index (χ4n) is 16.1. The van der Waals surface area contributed by atoms with E-state index >= 15 is 51.9 Å². The summed E-state index contributed by atoms with van der Waals surface area (Å²) in [5.74, 6) is -29.3. The lowest BCUT2D eigenvalue weighted by Gasteiger charge is -2.38. The number of aromatic amines is 1. The molecule has 13 atom stereocenters. The lowest BCUT2D eigenvalue weighted by molar-refractivity contribution is -0.152. The van der Waals surface area contributed by atoms with Crippen molar-refractivity contribution in [3.8, 4) is 5.75 Å². The molecule has 17 N–H and O–H groups in total. The quantitative estimate of drug-likeness (QED) is 0.0271. The molecule has 0 bridgehead atoms. The molecular formula is C92H113F4N17O22S. The molecule has 3 saturated heterocycles. The molecule has 4 heterocycles. The number of para-hydroxylation sites is 1. The number of ether oxygens (including phenoxy) is 1. The summed E-state index contributed by atoms with van der Waals surface area (Å²) >= 11 is 0.562. The minimum atomic E-state index is -2.01. The van der Waals surface area contributed by atoms with Gasteiger partial charge < -0.3 is 109 Å². The molecule has 0 unspecified atom stereocenters. The fraction of sp³-hybridized carbons (Fsp3) is 0.457. The second-order valence-corrected chi connectivity index (χ2v) is 34.9. The lowest BCUT2D eigenvalue weighted by atomic mass is 9.98. The number of nitrogens with zero attached hydrogens (tertiary/aromatic N) is 5. The minimum Gasteiger partial charge on any atom is -0.508 e. The maximum atomic E-state index is 15.7. The van der Waals surface area contributed by atoms with E-state index in [9.17, 15) is 67.3 Å². The van der Waals surface area contributed by atoms with Crippen molar-refractivity contribution in [1.29, 1.82) is 0 Å². The highest BCUT2D eigenvalue weighted by Crippen LogP contribution is 2.28. The Balaban J connectivity index is 1.15. The van der Waals surface area contributed by atoms with Crippen LogP contribution in [0.15, 0.2) is 121 Å². The molecule has 3 aliphatic heterocycles. The first kappa shape index (κ1) is 106. The van der Waals surface area contributed by atoms with Gasteiger partial charge in [0.1, 0.15) is 90.1 Å². The smallest absolute Gasteiger partial charge is 0.305 e. The van der Waals surface area contributed by atoms with E-state index in [4.69, 9.17) is 16.2 Å². The van der Waals surface area contributed by atoms with Crippen molar-refractivity contribution < 1.29 is 124 Å². The van der Waals surface area contributed by atoms with Gasteiger partial charge in [-0.05, 0) is 108 Å². The highest BCUT2D eigenvalue weighted by molar-refractivity contribution is 8.00. The summed E-state index contributed by atoms with van der Waals surface area (Å²) in [6.45, 7) is 2.47. The number of carboxylic acid groups (broad SMARTS) is 2. The van der Waals surface area contributed by atoms with E-state index in [0.717, 1.165) is 43.7 Å². The summed E-state index contributed by atoms with van der Waals surface area (Å²) in [5, 5.41) is 54.0. The molecule has 6 aromatic rings. The Kier molecular flexibility index (Phi) is 38.7. The van der Waals surface area contributed by atoms with Gasteiger partial charge in [-0.25, -0.2) is 17.6 Å². The van der Waals surface area contributed by atoms with Gasteiger partial charge in [0.2, 0.25) is 94.5 Å². The number of halogens is 4. The number of benzene rings is 5. The zero-order valence-corrected chi connectivity index (χ0v) is 76.4.